The van der Waals surface area contributed by atoms with Crippen LogP contribution in [0.3, 0.4) is 0 Å². The van der Waals surface area contributed by atoms with E-state index in [0.717, 1.165) is 70.0 Å². The molecule has 8 aliphatic rings. The maximum absolute atomic E-state index is 14.7. The van der Waals surface area contributed by atoms with Gasteiger partial charge < -0.3 is 44.7 Å². The Labute approximate surface area is 575 Å². The number of carbonyl (C=O) groups excluding carboxylic acids is 5. The topological polar surface area (TPSA) is 182 Å². The number of fused-ring (bicyclic) bond motifs is 2. The number of aliphatic carboxylic acids is 1. The molecule has 8 aliphatic heterocycles. The molecular formula is C70H84Cl4N10O7S2. The minimum absolute atomic E-state index is 0.00250. The van der Waals surface area contributed by atoms with Crippen LogP contribution in [0.15, 0.2) is 128 Å². The highest BCUT2D eigenvalue weighted by Gasteiger charge is 2.57. The van der Waals surface area contributed by atoms with Crippen LogP contribution in [-0.4, -0.2) is 161 Å². The first-order chi connectivity index (χ1) is 44.1. The van der Waals surface area contributed by atoms with Crippen LogP contribution in [0.5, 0.6) is 0 Å². The number of carboxylic acid groups (broad SMARTS) is 1. The highest BCUT2D eigenvalue weighted by Crippen LogP contribution is 2.59. The number of amidine groups is 2. The monoisotopic (exact) mass is 1380 g/mol. The van der Waals surface area contributed by atoms with E-state index in [4.69, 9.17) is 56.4 Å². The van der Waals surface area contributed by atoms with Crippen molar-refractivity contribution in [2.75, 3.05) is 39.3 Å². The molecular weight excluding hydrogens is 1300 g/mol. The molecule has 496 valence electrons. The zero-order chi connectivity index (χ0) is 67.3. The second kappa shape index (κ2) is 28.3. The number of benzene rings is 4. The van der Waals surface area contributed by atoms with E-state index in [1.165, 1.54) is 23.5 Å². The number of hydrogen-bond donors (Lipinski definition) is 2. The Morgan fingerprint density at radius 2 is 0.925 bits per heavy atom. The molecule has 8 heterocycles. The molecule has 4 aromatic carbocycles. The Morgan fingerprint density at radius 3 is 1.29 bits per heavy atom. The number of likely N-dealkylation sites (tertiary alicyclic amines) is 2. The second-order valence-corrected chi connectivity index (χ2v) is 30.1. The summed E-state index contributed by atoms with van der Waals surface area (Å²) in [6, 6.07) is 29.4. The summed E-state index contributed by atoms with van der Waals surface area (Å²) in [6.45, 7) is 27.9. The quantitative estimate of drug-likeness (QED) is 0.154. The predicted octanol–water partition coefficient (Wildman–Crippen LogP) is 13.2. The molecule has 10 atom stereocenters. The zero-order valence-electron chi connectivity index (χ0n) is 54.8. The SMILES string of the molecule is CC(=O)N1CCN(C(=O)[C@@H]2CC[C@@H](C)N2C(=O)C2=C(C(C)C)N3C(=N[C@@](C)(c4ccc(Cl)cc4)[C@H]3c3ccc(Cl)cc3)S2)C[C@@H]1C.CC(=O)N1CCNC[C@@H]1C.CC(C)C1=C(C(=O)N2[C@H](C)CC[C@H]2C(=O)O)SC2=N[C@@](C)(c3ccc(Cl)cc3)[C@@H](c3ccc(Cl)cc3)N21. The minimum Gasteiger partial charge on any atom is -0.480 e. The van der Waals surface area contributed by atoms with Gasteiger partial charge in [0.15, 0.2) is 10.3 Å². The van der Waals surface area contributed by atoms with Crippen molar-refractivity contribution in [3.8, 4) is 0 Å². The number of allylic oxidation sites excluding steroid dienone is 2. The summed E-state index contributed by atoms with van der Waals surface area (Å²) in [5.74, 6) is -1.12. The van der Waals surface area contributed by atoms with Crippen molar-refractivity contribution in [3.05, 3.63) is 161 Å². The number of aliphatic imine (C=N–C) groups is 2. The summed E-state index contributed by atoms with van der Waals surface area (Å²) in [6.07, 6.45) is 2.51. The fourth-order valence-electron chi connectivity index (χ4n) is 14.6. The summed E-state index contributed by atoms with van der Waals surface area (Å²) in [5, 5.41) is 17.1. The summed E-state index contributed by atoms with van der Waals surface area (Å²) in [7, 11) is 0. The lowest BCUT2D eigenvalue weighted by Crippen LogP contribution is -2.58. The Morgan fingerprint density at radius 1 is 0.538 bits per heavy atom. The summed E-state index contributed by atoms with van der Waals surface area (Å²) >= 11 is 27.8. The van der Waals surface area contributed by atoms with Crippen LogP contribution in [0.25, 0.3) is 0 Å². The summed E-state index contributed by atoms with van der Waals surface area (Å²) in [5.41, 5.74) is 4.56. The molecule has 0 radical (unpaired) electrons. The lowest BCUT2D eigenvalue weighted by Gasteiger charge is -2.41. The Bertz CT molecular complexity index is 3670. The normalized spacial score (nSPS) is 27.5. The number of rotatable bonds is 10. The fourth-order valence-corrected chi connectivity index (χ4v) is 17.9. The molecule has 23 heteroatoms. The smallest absolute Gasteiger partial charge is 0.326 e. The van der Waals surface area contributed by atoms with E-state index < -0.39 is 29.1 Å². The minimum atomic E-state index is -0.959. The fraction of sp³-hybridized carbons (Fsp3) is 0.486. The van der Waals surface area contributed by atoms with Gasteiger partial charge in [0.1, 0.15) is 33.0 Å². The molecule has 4 fully saturated rings. The van der Waals surface area contributed by atoms with Crippen LogP contribution in [0, 0.1) is 11.8 Å². The van der Waals surface area contributed by atoms with E-state index in [0.29, 0.717) is 74.8 Å². The van der Waals surface area contributed by atoms with Crippen molar-refractivity contribution in [2.24, 2.45) is 21.8 Å². The average Bonchev–Trinajstić information content (AvgIpc) is 1.57. The first kappa shape index (κ1) is 69.8. The van der Waals surface area contributed by atoms with Crippen LogP contribution < -0.4 is 5.32 Å². The van der Waals surface area contributed by atoms with E-state index in [-0.39, 0.29) is 71.6 Å². The van der Waals surface area contributed by atoms with E-state index >= 15 is 0 Å². The molecule has 0 saturated carbocycles. The maximum atomic E-state index is 14.7. The zero-order valence-corrected chi connectivity index (χ0v) is 59.5. The van der Waals surface area contributed by atoms with E-state index in [2.05, 4.69) is 63.6 Å². The van der Waals surface area contributed by atoms with Gasteiger partial charge in [-0.15, -0.1) is 0 Å². The van der Waals surface area contributed by atoms with Crippen LogP contribution in [-0.2, 0) is 39.8 Å². The number of hydrogen-bond acceptors (Lipinski definition) is 13. The molecule has 0 spiro atoms. The molecule has 0 aliphatic carbocycles. The third-order valence-electron chi connectivity index (χ3n) is 19.4. The average molecular weight is 1380 g/mol. The number of carboxylic acids is 1. The van der Waals surface area contributed by atoms with Crippen molar-refractivity contribution in [1.29, 1.82) is 0 Å². The van der Waals surface area contributed by atoms with Crippen molar-refractivity contribution >= 4 is 116 Å². The van der Waals surface area contributed by atoms with Gasteiger partial charge in [-0.2, -0.15) is 0 Å². The molecule has 12 rings (SSSR count). The van der Waals surface area contributed by atoms with Crippen LogP contribution in [0.4, 0.5) is 0 Å². The molecule has 0 bridgehead atoms. The van der Waals surface area contributed by atoms with E-state index in [1.807, 2.05) is 137 Å². The number of carbonyl (C=O) groups is 6. The highest BCUT2D eigenvalue weighted by molar-refractivity contribution is 8.18. The van der Waals surface area contributed by atoms with Gasteiger partial charge in [0, 0.05) is 109 Å². The molecule has 0 unspecified atom stereocenters. The number of nitrogens with zero attached hydrogens (tertiary/aromatic N) is 9. The molecule has 93 heavy (non-hydrogen) atoms. The second-order valence-electron chi connectivity index (χ2n) is 26.4. The number of thioether (sulfide) groups is 2. The van der Waals surface area contributed by atoms with Gasteiger partial charge in [0.2, 0.25) is 17.7 Å². The third kappa shape index (κ3) is 13.7. The Hall–Kier alpha value is -6.06. The van der Waals surface area contributed by atoms with Gasteiger partial charge in [-0.25, -0.2) is 14.8 Å². The predicted molar refractivity (Wildman–Crippen MR) is 373 cm³/mol. The maximum Gasteiger partial charge on any atom is 0.326 e. The van der Waals surface area contributed by atoms with Gasteiger partial charge >= 0.3 is 5.97 Å². The van der Waals surface area contributed by atoms with Gasteiger partial charge in [-0.1, -0.05) is 123 Å². The first-order valence-corrected chi connectivity index (χ1v) is 35.3. The number of piperazine rings is 2. The largest absolute Gasteiger partial charge is 0.480 e. The molecule has 0 aromatic heterocycles. The van der Waals surface area contributed by atoms with Crippen molar-refractivity contribution in [2.45, 2.75) is 168 Å². The van der Waals surface area contributed by atoms with Gasteiger partial charge in [-0.05, 0) is 173 Å². The number of nitrogens with one attached hydrogen (secondary N) is 1. The van der Waals surface area contributed by atoms with Gasteiger partial charge in [0.25, 0.3) is 11.8 Å². The van der Waals surface area contributed by atoms with Crippen molar-refractivity contribution in [3.63, 3.8) is 0 Å². The standard InChI is InChI=1S/C35H41Cl2N5O3S.C28H29Cl2N3O3S.C7H14N2O/c1-20(2)29-30(33(45)41-21(3)7-16-28(41)32(44)39-17-18-40(23(5)43)22(4)19-39)46-34-38-35(6,25-10-14-27(37)15-11-25)31(42(29)34)24-8-12-26(36)13-9-24;1-15(2)22-23(25(34)32-16(3)5-14-21(32)26(35)36)37-27-31-28(4,18-8-12-20(30)13-9-18)24(33(22)27)17-6-10-19(29)11-7-17;1-6-5-8-3-4-9(6)7(2)10/h8-15,20-22,28,31H,7,16-19H2,1-6H3;6-13,15-16,21,24H,5,14H2,1-4H3,(H,35,36);6,8H,3-5H2,1-2H3/t21-,22+,28+,31-,35+;16-,21+,24-,28+;6-/m110/s1. The van der Waals surface area contributed by atoms with Gasteiger partial charge in [-0.3, -0.25) is 24.0 Å². The molecule has 5 amide bonds. The van der Waals surface area contributed by atoms with E-state index in [9.17, 15) is 33.9 Å². The van der Waals surface area contributed by atoms with Crippen molar-refractivity contribution < 1.29 is 33.9 Å². The Kier molecular flexibility index (Phi) is 21.3. The third-order valence-corrected chi connectivity index (χ3v) is 22.5. The van der Waals surface area contributed by atoms with Crippen LogP contribution in [0.1, 0.15) is 143 Å². The highest BCUT2D eigenvalue weighted by atomic mass is 35.5. The van der Waals surface area contributed by atoms with E-state index in [1.54, 1.807) is 18.7 Å². The van der Waals surface area contributed by atoms with Crippen LogP contribution >= 0.6 is 69.9 Å². The number of amides is 5. The molecule has 17 nitrogen and oxygen atoms in total. The van der Waals surface area contributed by atoms with Gasteiger partial charge in [0.05, 0.1) is 12.1 Å². The van der Waals surface area contributed by atoms with Crippen LogP contribution in [0.2, 0.25) is 20.1 Å². The summed E-state index contributed by atoms with van der Waals surface area (Å²) < 4.78 is 0. The Balaban J connectivity index is 0.000000180. The molecule has 4 saturated heterocycles. The lowest BCUT2D eigenvalue weighted by atomic mass is 9.81. The molecule has 2 N–H and O–H groups in total. The molecule has 4 aromatic rings. The number of halogens is 4. The lowest BCUT2D eigenvalue weighted by molar-refractivity contribution is -0.147. The first-order valence-electron chi connectivity index (χ1n) is 32.1. The van der Waals surface area contributed by atoms with Crippen molar-refractivity contribution in [1.82, 2.24) is 39.6 Å². The summed E-state index contributed by atoms with van der Waals surface area (Å²) in [4.78, 5) is 103.